The molecule has 0 atom stereocenters. The van der Waals surface area contributed by atoms with Gasteiger partial charge in [-0.1, -0.05) is 25.8 Å². The number of anilines is 1. The van der Waals surface area contributed by atoms with Crippen LogP contribution in [0.4, 0.5) is 5.69 Å². The molecule has 20 heavy (non-hydrogen) atoms. The maximum absolute atomic E-state index is 5.92. The minimum absolute atomic E-state index is 0.694. The largest absolute Gasteiger partial charge is 0.439 e. The smallest absolute Gasteiger partial charge is 0.209 e. The van der Waals surface area contributed by atoms with E-state index in [4.69, 9.17) is 10.2 Å². The molecule has 1 aliphatic heterocycles. The van der Waals surface area contributed by atoms with Gasteiger partial charge < -0.3 is 10.2 Å². The molecule has 3 rings (SSSR count). The van der Waals surface area contributed by atoms with Crippen molar-refractivity contribution in [1.29, 1.82) is 0 Å². The number of oxazole rings is 1. The highest BCUT2D eigenvalue weighted by atomic mass is 16.3. The van der Waals surface area contributed by atoms with Crippen molar-refractivity contribution in [1.82, 2.24) is 9.88 Å². The van der Waals surface area contributed by atoms with E-state index in [-0.39, 0.29) is 0 Å². The summed E-state index contributed by atoms with van der Waals surface area (Å²) in [6.45, 7) is 5.37. The van der Waals surface area contributed by atoms with Gasteiger partial charge in [0.15, 0.2) is 5.58 Å². The lowest BCUT2D eigenvalue weighted by molar-refractivity contribution is 0.160. The average Bonchev–Trinajstić information content (AvgIpc) is 2.85. The lowest BCUT2D eigenvalue weighted by Crippen LogP contribution is -2.33. The van der Waals surface area contributed by atoms with E-state index in [9.17, 15) is 0 Å². The Bertz CT molecular complexity index is 570. The number of nitrogens with zero attached hydrogens (tertiary/aromatic N) is 2. The second-order valence-corrected chi connectivity index (χ2v) is 5.81. The van der Waals surface area contributed by atoms with E-state index >= 15 is 0 Å². The molecule has 2 heterocycles. The van der Waals surface area contributed by atoms with E-state index in [0.717, 1.165) is 42.5 Å². The molecule has 1 saturated heterocycles. The molecule has 4 nitrogen and oxygen atoms in total. The fraction of sp³-hybridized carbons (Fsp3) is 0.562. The first-order valence-corrected chi connectivity index (χ1v) is 7.62. The van der Waals surface area contributed by atoms with Gasteiger partial charge in [0.05, 0.1) is 12.2 Å². The second kappa shape index (κ2) is 5.83. The number of para-hydroxylation sites is 1. The van der Waals surface area contributed by atoms with Crippen LogP contribution in [0.5, 0.6) is 0 Å². The summed E-state index contributed by atoms with van der Waals surface area (Å²) in [4.78, 5) is 6.97. The predicted molar refractivity (Wildman–Crippen MR) is 81.3 cm³/mol. The summed E-state index contributed by atoms with van der Waals surface area (Å²) in [6, 6.07) is 5.70. The summed E-state index contributed by atoms with van der Waals surface area (Å²) >= 11 is 0. The zero-order valence-corrected chi connectivity index (χ0v) is 12.1. The molecule has 2 aromatic rings. The van der Waals surface area contributed by atoms with Crippen molar-refractivity contribution in [3.05, 3.63) is 24.1 Å². The van der Waals surface area contributed by atoms with E-state index in [1.807, 2.05) is 18.2 Å². The topological polar surface area (TPSA) is 55.3 Å². The van der Waals surface area contributed by atoms with Crippen molar-refractivity contribution in [2.75, 3.05) is 18.8 Å². The highest BCUT2D eigenvalue weighted by molar-refractivity contribution is 5.85. The second-order valence-electron chi connectivity index (χ2n) is 5.81. The number of benzene rings is 1. The van der Waals surface area contributed by atoms with Crippen LogP contribution in [0, 0.1) is 5.92 Å². The number of likely N-dealkylation sites (tertiary alicyclic amines) is 1. The number of hydrogen-bond donors (Lipinski definition) is 1. The molecule has 1 aliphatic rings. The van der Waals surface area contributed by atoms with Crippen molar-refractivity contribution in [2.24, 2.45) is 5.92 Å². The van der Waals surface area contributed by atoms with Crippen molar-refractivity contribution in [2.45, 2.75) is 39.2 Å². The first-order valence-electron chi connectivity index (χ1n) is 7.62. The number of fused-ring (bicyclic) bond motifs is 1. The van der Waals surface area contributed by atoms with Gasteiger partial charge in [0.2, 0.25) is 5.89 Å². The molecular formula is C16H23N3O. The van der Waals surface area contributed by atoms with Gasteiger partial charge in [0.25, 0.3) is 0 Å². The number of nitrogens with two attached hydrogens (primary N) is 1. The maximum Gasteiger partial charge on any atom is 0.209 e. The van der Waals surface area contributed by atoms with E-state index in [1.54, 1.807) is 0 Å². The van der Waals surface area contributed by atoms with Crippen LogP contribution in [0.2, 0.25) is 0 Å². The van der Waals surface area contributed by atoms with Gasteiger partial charge in [-0.05, 0) is 44.0 Å². The van der Waals surface area contributed by atoms with Crippen LogP contribution in [0.15, 0.2) is 22.6 Å². The third-order valence-electron chi connectivity index (χ3n) is 4.26. The Balaban J connectivity index is 1.64. The van der Waals surface area contributed by atoms with Gasteiger partial charge in [0.1, 0.15) is 5.52 Å². The zero-order chi connectivity index (χ0) is 13.9. The third-order valence-corrected chi connectivity index (χ3v) is 4.26. The van der Waals surface area contributed by atoms with Crippen LogP contribution in [-0.2, 0) is 6.54 Å². The molecule has 0 spiro atoms. The zero-order valence-electron chi connectivity index (χ0n) is 12.1. The van der Waals surface area contributed by atoms with Gasteiger partial charge >= 0.3 is 0 Å². The van der Waals surface area contributed by atoms with Crippen LogP contribution in [0.3, 0.4) is 0 Å². The van der Waals surface area contributed by atoms with Crippen LogP contribution in [0.25, 0.3) is 11.1 Å². The van der Waals surface area contributed by atoms with E-state index in [2.05, 4.69) is 16.8 Å². The van der Waals surface area contributed by atoms with Gasteiger partial charge in [-0.2, -0.15) is 0 Å². The van der Waals surface area contributed by atoms with Crippen molar-refractivity contribution < 1.29 is 4.42 Å². The van der Waals surface area contributed by atoms with E-state index in [1.165, 1.54) is 25.7 Å². The molecular weight excluding hydrogens is 250 g/mol. The van der Waals surface area contributed by atoms with Crippen LogP contribution in [-0.4, -0.2) is 23.0 Å². The number of aromatic nitrogens is 1. The van der Waals surface area contributed by atoms with E-state index < -0.39 is 0 Å². The molecule has 0 saturated carbocycles. The molecule has 0 amide bonds. The molecule has 1 aromatic heterocycles. The normalized spacial score (nSPS) is 17.9. The van der Waals surface area contributed by atoms with Crippen LogP contribution in [0.1, 0.15) is 38.5 Å². The van der Waals surface area contributed by atoms with Crippen molar-refractivity contribution in [3.8, 4) is 0 Å². The van der Waals surface area contributed by atoms with Gasteiger partial charge in [0, 0.05) is 0 Å². The Kier molecular flexibility index (Phi) is 3.92. The summed E-state index contributed by atoms with van der Waals surface area (Å²) in [5, 5.41) is 0. The summed E-state index contributed by atoms with van der Waals surface area (Å²) < 4.78 is 5.79. The molecule has 4 heteroatoms. The standard InChI is InChI=1S/C16H23N3O/c1-2-4-12-7-9-19(10-8-12)11-15-18-16-13(17)5-3-6-14(16)20-15/h3,5-6,12H,2,4,7-11,17H2,1H3. The molecule has 108 valence electrons. The SMILES string of the molecule is CCCC1CCN(Cc2nc3c(N)cccc3o2)CC1. The number of hydrogen-bond acceptors (Lipinski definition) is 4. The first-order chi connectivity index (χ1) is 9.76. The average molecular weight is 273 g/mol. The Morgan fingerprint density at radius 3 is 2.85 bits per heavy atom. The molecule has 0 aliphatic carbocycles. The summed E-state index contributed by atoms with van der Waals surface area (Å²) in [5.41, 5.74) is 8.20. The Hall–Kier alpha value is -1.55. The fourth-order valence-corrected chi connectivity index (χ4v) is 3.12. The lowest BCUT2D eigenvalue weighted by atomic mass is 9.92. The number of rotatable bonds is 4. The molecule has 2 N–H and O–H groups in total. The van der Waals surface area contributed by atoms with Crippen LogP contribution < -0.4 is 5.73 Å². The summed E-state index contributed by atoms with van der Waals surface area (Å²) in [5.74, 6) is 1.70. The third kappa shape index (κ3) is 2.80. The van der Waals surface area contributed by atoms with Crippen molar-refractivity contribution >= 4 is 16.8 Å². The predicted octanol–water partition coefficient (Wildman–Crippen LogP) is 3.42. The Labute approximate surface area is 120 Å². The minimum Gasteiger partial charge on any atom is -0.439 e. The van der Waals surface area contributed by atoms with Gasteiger partial charge in [-0.15, -0.1) is 0 Å². The lowest BCUT2D eigenvalue weighted by Gasteiger charge is -2.30. The van der Waals surface area contributed by atoms with Gasteiger partial charge in [-0.25, -0.2) is 4.98 Å². The van der Waals surface area contributed by atoms with Gasteiger partial charge in [-0.3, -0.25) is 4.90 Å². The highest BCUT2D eigenvalue weighted by Gasteiger charge is 2.20. The quantitative estimate of drug-likeness (QED) is 0.867. The minimum atomic E-state index is 0.694. The van der Waals surface area contributed by atoms with Crippen molar-refractivity contribution in [3.63, 3.8) is 0 Å². The molecule has 0 radical (unpaired) electrons. The highest BCUT2D eigenvalue weighted by Crippen LogP contribution is 2.25. The Morgan fingerprint density at radius 1 is 1.35 bits per heavy atom. The molecule has 1 fully saturated rings. The summed E-state index contributed by atoms with van der Waals surface area (Å²) in [6.07, 6.45) is 5.27. The monoisotopic (exact) mass is 273 g/mol. The fourth-order valence-electron chi connectivity index (χ4n) is 3.12. The van der Waals surface area contributed by atoms with Crippen LogP contribution >= 0.6 is 0 Å². The summed E-state index contributed by atoms with van der Waals surface area (Å²) in [7, 11) is 0. The first kappa shape index (κ1) is 13.4. The van der Waals surface area contributed by atoms with E-state index in [0.29, 0.717) is 5.69 Å². The Morgan fingerprint density at radius 2 is 2.15 bits per heavy atom. The molecule has 0 unspecified atom stereocenters. The number of nitrogen functional groups attached to an aromatic ring is 1. The molecule has 1 aromatic carbocycles. The number of piperidine rings is 1. The maximum atomic E-state index is 5.92. The molecule has 0 bridgehead atoms.